The van der Waals surface area contributed by atoms with Crippen LogP contribution < -0.4 is 15.0 Å². The third kappa shape index (κ3) is 5.38. The minimum Gasteiger partial charge on any atom is -0.494 e. The van der Waals surface area contributed by atoms with Crippen molar-refractivity contribution in [3.63, 3.8) is 0 Å². The van der Waals surface area contributed by atoms with Crippen molar-refractivity contribution in [2.24, 2.45) is 5.92 Å². The maximum atomic E-state index is 13.1. The Morgan fingerprint density at radius 2 is 1.91 bits per heavy atom. The molecule has 2 saturated heterocycles. The third-order valence-corrected chi connectivity index (χ3v) is 6.24. The molecule has 2 atom stereocenters. The first kappa shape index (κ1) is 22.5. The van der Waals surface area contributed by atoms with Crippen LogP contribution in [-0.2, 0) is 11.3 Å². The number of benzene rings is 1. The molecular weight excluding hydrogens is 402 g/mol. The molecule has 1 amide bonds. The van der Waals surface area contributed by atoms with E-state index in [4.69, 9.17) is 9.72 Å². The third-order valence-electron chi connectivity index (χ3n) is 6.24. The van der Waals surface area contributed by atoms with E-state index in [1.165, 1.54) is 18.4 Å². The molecule has 1 aromatic carbocycles. The van der Waals surface area contributed by atoms with E-state index in [0.29, 0.717) is 6.61 Å². The van der Waals surface area contributed by atoms with Gasteiger partial charge in [-0.3, -0.25) is 9.69 Å². The second-order valence-electron chi connectivity index (χ2n) is 9.12. The second kappa shape index (κ2) is 10.3. The van der Waals surface area contributed by atoms with Crippen molar-refractivity contribution in [1.29, 1.82) is 0 Å². The lowest BCUT2D eigenvalue weighted by atomic mass is 9.91. The number of carbonyl (C=O) groups is 1. The minimum absolute atomic E-state index is 0.0563. The van der Waals surface area contributed by atoms with Gasteiger partial charge in [0, 0.05) is 50.9 Å². The minimum atomic E-state index is -0.124. The standard InChI is InChI=1S/C25H35N5O2/c1-4-32-20-9-7-19(8-10-20)15-29-16-21(22(17-29)24(31)27-18(2)3)23-11-12-26-25(28-23)30-13-5-6-14-30/h7-12,18,21-22H,4-6,13-17H2,1-3H3,(H,27,31)/t21-,22-/m1/s1. The SMILES string of the molecule is CCOc1ccc(CN2C[C@@H](C(=O)NC(C)C)[C@H](c3ccnc(N4CCCC4)n3)C2)cc1. The topological polar surface area (TPSA) is 70.6 Å². The van der Waals surface area contributed by atoms with Gasteiger partial charge >= 0.3 is 0 Å². The highest BCUT2D eigenvalue weighted by Crippen LogP contribution is 2.34. The number of anilines is 1. The molecule has 7 heteroatoms. The molecule has 1 N–H and O–H groups in total. The molecule has 7 nitrogen and oxygen atoms in total. The predicted molar refractivity (Wildman–Crippen MR) is 126 cm³/mol. The van der Waals surface area contributed by atoms with Gasteiger partial charge in [0.1, 0.15) is 5.75 Å². The summed E-state index contributed by atoms with van der Waals surface area (Å²) in [5, 5.41) is 3.12. The Kier molecular flexibility index (Phi) is 7.25. The number of rotatable bonds is 8. The zero-order valence-electron chi connectivity index (χ0n) is 19.5. The fraction of sp³-hybridized carbons (Fsp3) is 0.560. The Labute approximate surface area is 191 Å². The summed E-state index contributed by atoms with van der Waals surface area (Å²) in [6.45, 7) is 11.0. The fourth-order valence-electron chi connectivity index (χ4n) is 4.73. The number of nitrogens with zero attached hydrogens (tertiary/aromatic N) is 4. The van der Waals surface area contributed by atoms with Crippen LogP contribution in [0.3, 0.4) is 0 Å². The first-order valence-corrected chi connectivity index (χ1v) is 11.9. The quantitative estimate of drug-likeness (QED) is 0.684. The van der Waals surface area contributed by atoms with Gasteiger partial charge in [-0.2, -0.15) is 0 Å². The van der Waals surface area contributed by atoms with Crippen LogP contribution in [0.25, 0.3) is 0 Å². The van der Waals surface area contributed by atoms with Gasteiger partial charge in [0.05, 0.1) is 18.2 Å². The highest BCUT2D eigenvalue weighted by atomic mass is 16.5. The van der Waals surface area contributed by atoms with Crippen LogP contribution in [0.4, 0.5) is 5.95 Å². The molecule has 2 aromatic rings. The molecule has 0 radical (unpaired) electrons. The van der Waals surface area contributed by atoms with Crippen molar-refractivity contribution in [2.75, 3.05) is 37.7 Å². The van der Waals surface area contributed by atoms with Crippen LogP contribution >= 0.6 is 0 Å². The smallest absolute Gasteiger partial charge is 0.225 e. The maximum absolute atomic E-state index is 13.1. The number of likely N-dealkylation sites (tertiary alicyclic amines) is 1. The second-order valence-corrected chi connectivity index (χ2v) is 9.12. The molecule has 0 spiro atoms. The molecule has 4 rings (SSSR count). The average Bonchev–Trinajstić information content (AvgIpc) is 3.45. The fourth-order valence-corrected chi connectivity index (χ4v) is 4.73. The van der Waals surface area contributed by atoms with E-state index in [1.807, 2.05) is 45.2 Å². The van der Waals surface area contributed by atoms with Crippen LogP contribution in [-0.4, -0.2) is 59.6 Å². The van der Waals surface area contributed by atoms with Gasteiger partial charge in [0.25, 0.3) is 0 Å². The van der Waals surface area contributed by atoms with E-state index >= 15 is 0 Å². The van der Waals surface area contributed by atoms with Crippen molar-refractivity contribution in [3.8, 4) is 5.75 Å². The monoisotopic (exact) mass is 437 g/mol. The van der Waals surface area contributed by atoms with Gasteiger partial charge in [-0.1, -0.05) is 12.1 Å². The molecule has 0 unspecified atom stereocenters. The number of hydrogen-bond donors (Lipinski definition) is 1. The molecule has 0 bridgehead atoms. The van der Waals surface area contributed by atoms with E-state index in [-0.39, 0.29) is 23.8 Å². The van der Waals surface area contributed by atoms with Gasteiger partial charge < -0.3 is 15.0 Å². The van der Waals surface area contributed by atoms with Crippen molar-refractivity contribution in [3.05, 3.63) is 47.8 Å². The first-order chi connectivity index (χ1) is 15.5. The summed E-state index contributed by atoms with van der Waals surface area (Å²) in [7, 11) is 0. The Balaban J connectivity index is 1.52. The van der Waals surface area contributed by atoms with E-state index in [1.54, 1.807) is 0 Å². The molecule has 0 saturated carbocycles. The Morgan fingerprint density at radius 3 is 2.59 bits per heavy atom. The summed E-state index contributed by atoms with van der Waals surface area (Å²) in [6.07, 6.45) is 4.22. The lowest BCUT2D eigenvalue weighted by molar-refractivity contribution is -0.125. The van der Waals surface area contributed by atoms with Gasteiger partial charge in [-0.25, -0.2) is 9.97 Å². The van der Waals surface area contributed by atoms with Gasteiger partial charge in [0.2, 0.25) is 11.9 Å². The number of aromatic nitrogens is 2. The van der Waals surface area contributed by atoms with Crippen LogP contribution in [0.15, 0.2) is 36.5 Å². The zero-order chi connectivity index (χ0) is 22.5. The lowest BCUT2D eigenvalue weighted by Gasteiger charge is -2.21. The van der Waals surface area contributed by atoms with Crippen molar-refractivity contribution in [2.45, 2.75) is 52.1 Å². The van der Waals surface area contributed by atoms with E-state index in [2.05, 4.69) is 32.2 Å². The molecule has 172 valence electrons. The molecular formula is C25H35N5O2. The van der Waals surface area contributed by atoms with E-state index in [9.17, 15) is 4.79 Å². The average molecular weight is 438 g/mol. The molecule has 32 heavy (non-hydrogen) atoms. The normalized spacial score (nSPS) is 21.3. The van der Waals surface area contributed by atoms with Crippen molar-refractivity contribution < 1.29 is 9.53 Å². The predicted octanol–water partition coefficient (Wildman–Crippen LogP) is 3.22. The molecule has 3 heterocycles. The van der Waals surface area contributed by atoms with Crippen LogP contribution in [0.1, 0.15) is 50.8 Å². The summed E-state index contributed by atoms with van der Waals surface area (Å²) in [5.74, 6) is 1.73. The lowest BCUT2D eigenvalue weighted by Crippen LogP contribution is -2.38. The van der Waals surface area contributed by atoms with Gasteiger partial charge in [-0.05, 0) is 57.4 Å². The highest BCUT2D eigenvalue weighted by molar-refractivity contribution is 5.80. The van der Waals surface area contributed by atoms with Crippen LogP contribution in [0.2, 0.25) is 0 Å². The number of ether oxygens (including phenoxy) is 1. The van der Waals surface area contributed by atoms with Crippen LogP contribution in [0, 0.1) is 5.92 Å². The molecule has 2 fully saturated rings. The van der Waals surface area contributed by atoms with Gasteiger partial charge in [-0.15, -0.1) is 0 Å². The maximum Gasteiger partial charge on any atom is 0.225 e. The van der Waals surface area contributed by atoms with Crippen LogP contribution in [0.5, 0.6) is 5.75 Å². The summed E-state index contributed by atoms with van der Waals surface area (Å²) in [4.78, 5) is 27.1. The number of carbonyl (C=O) groups excluding carboxylic acids is 1. The summed E-state index contributed by atoms with van der Waals surface area (Å²) < 4.78 is 5.56. The summed E-state index contributed by atoms with van der Waals surface area (Å²) in [5.41, 5.74) is 2.19. The Bertz CT molecular complexity index is 895. The molecule has 1 aromatic heterocycles. The summed E-state index contributed by atoms with van der Waals surface area (Å²) >= 11 is 0. The van der Waals surface area contributed by atoms with Crippen molar-refractivity contribution in [1.82, 2.24) is 20.2 Å². The van der Waals surface area contributed by atoms with Crippen molar-refractivity contribution >= 4 is 11.9 Å². The highest BCUT2D eigenvalue weighted by Gasteiger charge is 2.39. The molecule has 2 aliphatic heterocycles. The first-order valence-electron chi connectivity index (χ1n) is 11.9. The molecule has 0 aliphatic carbocycles. The number of amides is 1. The van der Waals surface area contributed by atoms with Gasteiger partial charge in [0.15, 0.2) is 0 Å². The number of hydrogen-bond acceptors (Lipinski definition) is 6. The number of nitrogens with one attached hydrogen (secondary N) is 1. The Hall–Kier alpha value is -2.67. The summed E-state index contributed by atoms with van der Waals surface area (Å²) in [6, 6.07) is 10.4. The molecule has 2 aliphatic rings. The van der Waals surface area contributed by atoms with E-state index in [0.717, 1.165) is 50.1 Å². The largest absolute Gasteiger partial charge is 0.494 e. The Morgan fingerprint density at radius 1 is 1.16 bits per heavy atom. The zero-order valence-corrected chi connectivity index (χ0v) is 19.5. The van der Waals surface area contributed by atoms with E-state index < -0.39 is 0 Å².